The Morgan fingerprint density at radius 1 is 1.12 bits per heavy atom. The molecule has 0 amide bonds. The van der Waals surface area contributed by atoms with Gasteiger partial charge in [0.05, 0.1) is 0 Å². The Labute approximate surface area is 105 Å². The van der Waals surface area contributed by atoms with E-state index in [1.165, 1.54) is 24.0 Å². The van der Waals surface area contributed by atoms with E-state index < -0.39 is 0 Å². The minimum atomic E-state index is -0.0674. The molecular formula is C16H25N. The molecule has 1 aliphatic rings. The first kappa shape index (κ1) is 12.6. The summed E-state index contributed by atoms with van der Waals surface area (Å²) < 4.78 is 0. The molecule has 0 atom stereocenters. The summed E-state index contributed by atoms with van der Waals surface area (Å²) in [6.07, 6.45) is 4.80. The molecule has 0 bridgehead atoms. The topological polar surface area (TPSA) is 26.0 Å². The monoisotopic (exact) mass is 231 g/mol. The number of hydrogen-bond acceptors (Lipinski definition) is 1. The average molecular weight is 231 g/mol. The lowest BCUT2D eigenvalue weighted by Gasteiger charge is -2.36. The van der Waals surface area contributed by atoms with Crippen LogP contribution in [0.4, 0.5) is 0 Å². The minimum absolute atomic E-state index is 0.0674. The van der Waals surface area contributed by atoms with Crippen LogP contribution in [0.1, 0.15) is 63.5 Å². The van der Waals surface area contributed by atoms with E-state index in [4.69, 9.17) is 5.73 Å². The summed E-state index contributed by atoms with van der Waals surface area (Å²) >= 11 is 0. The summed E-state index contributed by atoms with van der Waals surface area (Å²) in [5.41, 5.74) is 9.23. The number of rotatable bonds is 2. The van der Waals surface area contributed by atoms with E-state index in [1.807, 2.05) is 0 Å². The second kappa shape index (κ2) is 4.81. The van der Waals surface area contributed by atoms with Gasteiger partial charge in [-0.05, 0) is 48.6 Å². The molecule has 1 nitrogen and oxygen atoms in total. The van der Waals surface area contributed by atoms with Crippen LogP contribution in [-0.2, 0) is 5.54 Å². The van der Waals surface area contributed by atoms with E-state index in [0.29, 0.717) is 5.92 Å². The van der Waals surface area contributed by atoms with Gasteiger partial charge in [0.25, 0.3) is 0 Å². The predicted molar refractivity (Wildman–Crippen MR) is 74.0 cm³/mol. The molecule has 0 aromatic heterocycles. The lowest BCUT2D eigenvalue weighted by atomic mass is 9.74. The van der Waals surface area contributed by atoms with Gasteiger partial charge in [-0.1, -0.05) is 45.0 Å². The fourth-order valence-corrected chi connectivity index (χ4v) is 2.77. The zero-order valence-corrected chi connectivity index (χ0v) is 11.4. The molecule has 2 rings (SSSR count). The highest BCUT2D eigenvalue weighted by Gasteiger charge is 2.31. The van der Waals surface area contributed by atoms with Gasteiger partial charge in [0.15, 0.2) is 0 Å². The van der Waals surface area contributed by atoms with Gasteiger partial charge in [-0.2, -0.15) is 0 Å². The highest BCUT2D eigenvalue weighted by molar-refractivity contribution is 5.30. The maximum Gasteiger partial charge on any atom is 0.0409 e. The van der Waals surface area contributed by atoms with Crippen LogP contribution in [0, 0.1) is 5.92 Å². The van der Waals surface area contributed by atoms with Crippen molar-refractivity contribution in [1.82, 2.24) is 0 Å². The van der Waals surface area contributed by atoms with Gasteiger partial charge in [0.2, 0.25) is 0 Å². The maximum absolute atomic E-state index is 6.57. The number of hydrogen-bond donors (Lipinski definition) is 1. The summed E-state index contributed by atoms with van der Waals surface area (Å²) in [6, 6.07) is 8.97. The number of benzene rings is 1. The Morgan fingerprint density at radius 3 is 2.12 bits per heavy atom. The van der Waals surface area contributed by atoms with Gasteiger partial charge in [-0.3, -0.25) is 0 Å². The average Bonchev–Trinajstić information content (AvgIpc) is 2.33. The van der Waals surface area contributed by atoms with Crippen molar-refractivity contribution >= 4 is 0 Å². The van der Waals surface area contributed by atoms with E-state index in [9.17, 15) is 0 Å². The van der Waals surface area contributed by atoms with Crippen LogP contribution in [0.25, 0.3) is 0 Å². The summed E-state index contributed by atoms with van der Waals surface area (Å²) in [6.45, 7) is 6.80. The van der Waals surface area contributed by atoms with Gasteiger partial charge in [-0.25, -0.2) is 0 Å². The van der Waals surface area contributed by atoms with E-state index in [1.54, 1.807) is 0 Å². The van der Waals surface area contributed by atoms with E-state index in [2.05, 4.69) is 45.0 Å². The maximum atomic E-state index is 6.57. The van der Waals surface area contributed by atoms with Crippen LogP contribution in [0.5, 0.6) is 0 Å². The lowest BCUT2D eigenvalue weighted by Crippen LogP contribution is -2.40. The molecule has 1 aromatic rings. The summed E-state index contributed by atoms with van der Waals surface area (Å²) in [5, 5.41) is 0. The Bertz CT molecular complexity index is 356. The molecule has 94 valence electrons. The second-order valence-corrected chi connectivity index (χ2v) is 6.12. The van der Waals surface area contributed by atoms with Crippen LogP contribution in [0.15, 0.2) is 24.3 Å². The standard InChI is InChI=1S/C16H25N/c1-12(2)14-4-6-15(7-5-14)16(17)10-8-13(3)9-11-16/h4-7,12-13H,8-11,17H2,1-3H3. The van der Waals surface area contributed by atoms with E-state index in [0.717, 1.165) is 18.8 Å². The highest BCUT2D eigenvalue weighted by Crippen LogP contribution is 2.37. The van der Waals surface area contributed by atoms with Gasteiger partial charge in [0, 0.05) is 5.54 Å². The fraction of sp³-hybridized carbons (Fsp3) is 0.625. The molecule has 1 aliphatic carbocycles. The molecule has 1 heteroatoms. The first-order chi connectivity index (χ1) is 8.01. The largest absolute Gasteiger partial charge is 0.321 e. The summed E-state index contributed by atoms with van der Waals surface area (Å²) in [5.74, 6) is 1.45. The number of nitrogens with two attached hydrogens (primary N) is 1. The third kappa shape index (κ3) is 2.71. The predicted octanol–water partition coefficient (Wildman–Crippen LogP) is 4.17. The second-order valence-electron chi connectivity index (χ2n) is 6.12. The summed E-state index contributed by atoms with van der Waals surface area (Å²) in [7, 11) is 0. The Balaban J connectivity index is 2.16. The van der Waals surface area contributed by atoms with Crippen molar-refractivity contribution in [2.45, 2.75) is 57.9 Å². The first-order valence-corrected chi connectivity index (χ1v) is 6.90. The molecule has 0 heterocycles. The van der Waals surface area contributed by atoms with Crippen molar-refractivity contribution < 1.29 is 0 Å². The van der Waals surface area contributed by atoms with Gasteiger partial charge < -0.3 is 5.73 Å². The normalized spacial score (nSPS) is 29.6. The Morgan fingerprint density at radius 2 is 1.65 bits per heavy atom. The SMILES string of the molecule is CC1CCC(N)(c2ccc(C(C)C)cc2)CC1. The smallest absolute Gasteiger partial charge is 0.0409 e. The van der Waals surface area contributed by atoms with Crippen LogP contribution in [-0.4, -0.2) is 0 Å². The van der Waals surface area contributed by atoms with Crippen molar-refractivity contribution in [1.29, 1.82) is 0 Å². The van der Waals surface area contributed by atoms with Crippen LogP contribution in [0.3, 0.4) is 0 Å². The Hall–Kier alpha value is -0.820. The van der Waals surface area contributed by atoms with E-state index >= 15 is 0 Å². The van der Waals surface area contributed by atoms with Crippen molar-refractivity contribution in [3.8, 4) is 0 Å². The molecule has 0 spiro atoms. The van der Waals surface area contributed by atoms with Gasteiger partial charge in [0.1, 0.15) is 0 Å². The fourth-order valence-electron chi connectivity index (χ4n) is 2.77. The molecule has 0 aliphatic heterocycles. The van der Waals surface area contributed by atoms with Crippen LogP contribution < -0.4 is 5.73 Å². The molecule has 0 radical (unpaired) electrons. The highest BCUT2D eigenvalue weighted by atomic mass is 14.7. The molecule has 0 unspecified atom stereocenters. The van der Waals surface area contributed by atoms with Crippen molar-refractivity contribution in [2.24, 2.45) is 11.7 Å². The van der Waals surface area contributed by atoms with Gasteiger partial charge in [-0.15, -0.1) is 0 Å². The lowest BCUT2D eigenvalue weighted by molar-refractivity contribution is 0.248. The van der Waals surface area contributed by atoms with Crippen molar-refractivity contribution in [3.63, 3.8) is 0 Å². The van der Waals surface area contributed by atoms with Crippen LogP contribution in [0.2, 0.25) is 0 Å². The third-order valence-electron chi connectivity index (χ3n) is 4.32. The molecule has 1 fully saturated rings. The third-order valence-corrected chi connectivity index (χ3v) is 4.32. The molecular weight excluding hydrogens is 206 g/mol. The zero-order chi connectivity index (χ0) is 12.5. The molecule has 1 aromatic carbocycles. The quantitative estimate of drug-likeness (QED) is 0.812. The van der Waals surface area contributed by atoms with Crippen molar-refractivity contribution in [3.05, 3.63) is 35.4 Å². The molecule has 2 N–H and O–H groups in total. The molecule has 17 heavy (non-hydrogen) atoms. The molecule has 1 saturated carbocycles. The first-order valence-electron chi connectivity index (χ1n) is 6.90. The molecule has 0 saturated heterocycles. The van der Waals surface area contributed by atoms with Gasteiger partial charge >= 0.3 is 0 Å². The van der Waals surface area contributed by atoms with Crippen LogP contribution >= 0.6 is 0 Å². The van der Waals surface area contributed by atoms with E-state index in [-0.39, 0.29) is 5.54 Å². The minimum Gasteiger partial charge on any atom is -0.321 e. The Kier molecular flexibility index (Phi) is 3.58. The zero-order valence-electron chi connectivity index (χ0n) is 11.4. The summed E-state index contributed by atoms with van der Waals surface area (Å²) in [4.78, 5) is 0. The van der Waals surface area contributed by atoms with Crippen molar-refractivity contribution in [2.75, 3.05) is 0 Å².